The molecule has 4 nitrogen and oxygen atoms in total. The predicted octanol–water partition coefficient (Wildman–Crippen LogP) is 3.54. The molecule has 4 heteroatoms. The summed E-state index contributed by atoms with van der Waals surface area (Å²) in [6, 6.07) is 14.7. The van der Waals surface area contributed by atoms with Crippen molar-refractivity contribution in [3.8, 4) is 0 Å². The second-order valence-electron chi connectivity index (χ2n) is 6.16. The second kappa shape index (κ2) is 6.65. The summed E-state index contributed by atoms with van der Waals surface area (Å²) in [5, 5.41) is 12.1. The molecule has 0 unspecified atom stereocenters. The second-order valence-corrected chi connectivity index (χ2v) is 6.16. The number of hydrogen-bond donors (Lipinski definition) is 2. The van der Waals surface area contributed by atoms with E-state index in [4.69, 9.17) is 0 Å². The number of carboxylic acid groups (broad SMARTS) is 1. The maximum atomic E-state index is 12.1. The number of aliphatic carboxylic acids is 1. The number of hydrogen-bond acceptors (Lipinski definition) is 2. The van der Waals surface area contributed by atoms with Crippen LogP contribution in [0, 0.1) is 6.92 Å². The molecule has 0 aromatic heterocycles. The summed E-state index contributed by atoms with van der Waals surface area (Å²) in [7, 11) is 0. The molecule has 0 aliphatic rings. The first kappa shape index (κ1) is 16.7. The molecule has 2 N–H and O–H groups in total. The molecule has 0 aliphatic carbocycles. The van der Waals surface area contributed by atoms with E-state index in [9.17, 15) is 14.7 Å². The van der Waals surface area contributed by atoms with Crippen LogP contribution >= 0.6 is 0 Å². The lowest BCUT2D eigenvalue weighted by molar-refractivity contribution is -0.142. The van der Waals surface area contributed by atoms with Gasteiger partial charge in [-0.25, -0.2) is 0 Å². The highest BCUT2D eigenvalue weighted by molar-refractivity contribution is 5.92. The van der Waals surface area contributed by atoms with Gasteiger partial charge in [-0.2, -0.15) is 0 Å². The van der Waals surface area contributed by atoms with Gasteiger partial charge in [0.15, 0.2) is 0 Å². The summed E-state index contributed by atoms with van der Waals surface area (Å²) >= 11 is 0. The van der Waals surface area contributed by atoms with Gasteiger partial charge in [-0.05, 0) is 49.6 Å². The largest absolute Gasteiger partial charge is 0.481 e. The Morgan fingerprint density at radius 2 is 1.65 bits per heavy atom. The summed E-state index contributed by atoms with van der Waals surface area (Å²) in [5.41, 5.74) is 2.48. The van der Waals surface area contributed by atoms with Gasteiger partial charge < -0.3 is 10.4 Å². The van der Waals surface area contributed by atoms with Gasteiger partial charge in [0.1, 0.15) is 0 Å². The van der Waals surface area contributed by atoms with E-state index >= 15 is 0 Å². The number of aryl methyl sites for hydroxylation is 1. The van der Waals surface area contributed by atoms with Crippen molar-refractivity contribution in [1.82, 2.24) is 0 Å². The molecule has 1 amide bonds. The molecule has 0 bridgehead atoms. The molecule has 23 heavy (non-hydrogen) atoms. The molecule has 2 aromatic rings. The maximum absolute atomic E-state index is 12.1. The number of benzene rings is 2. The van der Waals surface area contributed by atoms with Crippen LogP contribution in [-0.4, -0.2) is 17.0 Å². The number of anilines is 1. The molecule has 120 valence electrons. The topological polar surface area (TPSA) is 66.4 Å². The van der Waals surface area contributed by atoms with Crippen molar-refractivity contribution in [2.45, 2.75) is 32.6 Å². The summed E-state index contributed by atoms with van der Waals surface area (Å²) in [6.45, 7) is 5.29. The van der Waals surface area contributed by atoms with Crippen LogP contribution in [0.2, 0.25) is 0 Å². The van der Waals surface area contributed by atoms with E-state index in [1.165, 1.54) is 0 Å². The molecule has 0 radical (unpaired) electrons. The highest BCUT2D eigenvalue weighted by atomic mass is 16.4. The van der Waals surface area contributed by atoms with E-state index in [1.54, 1.807) is 38.1 Å². The third-order valence-corrected chi connectivity index (χ3v) is 4.04. The van der Waals surface area contributed by atoms with Gasteiger partial charge in [0.2, 0.25) is 5.91 Å². The van der Waals surface area contributed by atoms with Gasteiger partial charge in [0, 0.05) is 5.69 Å². The Labute approximate surface area is 136 Å². The zero-order valence-corrected chi connectivity index (χ0v) is 13.6. The molecule has 0 aliphatic heterocycles. The van der Waals surface area contributed by atoms with Crippen molar-refractivity contribution >= 4 is 17.6 Å². The minimum Gasteiger partial charge on any atom is -0.481 e. The Bertz CT molecular complexity index is 718. The molecule has 0 spiro atoms. The van der Waals surface area contributed by atoms with E-state index in [0.717, 1.165) is 11.1 Å². The van der Waals surface area contributed by atoms with Crippen molar-refractivity contribution in [2.75, 3.05) is 5.32 Å². The van der Waals surface area contributed by atoms with Gasteiger partial charge in [0.05, 0.1) is 11.8 Å². The first-order valence-electron chi connectivity index (χ1n) is 7.49. The predicted molar refractivity (Wildman–Crippen MR) is 90.6 cm³/mol. The van der Waals surface area contributed by atoms with Gasteiger partial charge in [-0.3, -0.25) is 9.59 Å². The Morgan fingerprint density at radius 1 is 1.04 bits per heavy atom. The van der Waals surface area contributed by atoms with Crippen LogP contribution in [0.1, 0.15) is 30.5 Å². The molecule has 2 aromatic carbocycles. The van der Waals surface area contributed by atoms with Crippen molar-refractivity contribution in [3.05, 3.63) is 65.2 Å². The van der Waals surface area contributed by atoms with E-state index in [1.807, 2.05) is 31.2 Å². The summed E-state index contributed by atoms with van der Waals surface area (Å²) in [4.78, 5) is 23.4. The minimum absolute atomic E-state index is 0.0930. The summed E-state index contributed by atoms with van der Waals surface area (Å²) in [5.74, 6) is -0.974. The molecule has 0 heterocycles. The minimum atomic E-state index is -0.955. The molecule has 0 fully saturated rings. The number of amides is 1. The first-order valence-corrected chi connectivity index (χ1v) is 7.49. The van der Waals surface area contributed by atoms with Crippen molar-refractivity contribution < 1.29 is 14.7 Å². The lowest BCUT2D eigenvalue weighted by atomic mass is 9.85. The van der Waals surface area contributed by atoms with Crippen LogP contribution in [0.4, 0.5) is 5.69 Å². The molecule has 0 atom stereocenters. The summed E-state index contributed by atoms with van der Waals surface area (Å²) < 4.78 is 0. The highest BCUT2D eigenvalue weighted by Crippen LogP contribution is 2.24. The lowest BCUT2D eigenvalue weighted by Gasteiger charge is -2.19. The average Bonchev–Trinajstić information content (AvgIpc) is 2.50. The number of carboxylic acids is 1. The average molecular weight is 311 g/mol. The van der Waals surface area contributed by atoms with Crippen molar-refractivity contribution in [2.24, 2.45) is 0 Å². The number of nitrogens with one attached hydrogen (secondary N) is 1. The standard InChI is InChI=1S/C19H21NO3/c1-13-6-4-5-7-14(13)12-17(21)20-16-10-8-15(9-11-16)19(2,3)18(22)23/h4-11H,12H2,1-3H3,(H,20,21)(H,22,23). The van der Waals surface area contributed by atoms with Crippen molar-refractivity contribution in [1.29, 1.82) is 0 Å². The Kier molecular flexibility index (Phi) is 4.84. The van der Waals surface area contributed by atoms with Gasteiger partial charge in [0.25, 0.3) is 0 Å². The Hall–Kier alpha value is -2.62. The van der Waals surface area contributed by atoms with E-state index in [-0.39, 0.29) is 5.91 Å². The van der Waals surface area contributed by atoms with Crippen molar-refractivity contribution in [3.63, 3.8) is 0 Å². The van der Waals surface area contributed by atoms with Gasteiger partial charge >= 0.3 is 5.97 Å². The number of carbonyl (C=O) groups is 2. The van der Waals surface area contributed by atoms with Gasteiger partial charge in [-0.1, -0.05) is 36.4 Å². The monoisotopic (exact) mass is 311 g/mol. The van der Waals surface area contributed by atoms with Crippen LogP contribution in [-0.2, 0) is 21.4 Å². The molecular weight excluding hydrogens is 290 g/mol. The Balaban J connectivity index is 2.05. The quantitative estimate of drug-likeness (QED) is 0.887. The van der Waals surface area contributed by atoms with Gasteiger partial charge in [-0.15, -0.1) is 0 Å². The zero-order valence-electron chi connectivity index (χ0n) is 13.6. The van der Waals surface area contributed by atoms with Crippen LogP contribution in [0.15, 0.2) is 48.5 Å². The normalized spacial score (nSPS) is 11.1. The first-order chi connectivity index (χ1) is 10.8. The number of carbonyl (C=O) groups excluding carboxylic acids is 1. The Morgan fingerprint density at radius 3 is 2.22 bits per heavy atom. The molecule has 2 rings (SSSR count). The van der Waals surface area contributed by atoms with E-state index < -0.39 is 11.4 Å². The fourth-order valence-corrected chi connectivity index (χ4v) is 2.28. The smallest absolute Gasteiger partial charge is 0.313 e. The SMILES string of the molecule is Cc1ccccc1CC(=O)Nc1ccc(C(C)(C)C(=O)O)cc1. The third kappa shape index (κ3) is 3.97. The van der Waals surface area contributed by atoms with Crippen LogP contribution in [0.25, 0.3) is 0 Å². The molecule has 0 saturated carbocycles. The molecular formula is C19H21NO3. The lowest BCUT2D eigenvalue weighted by Crippen LogP contribution is -2.28. The van der Waals surface area contributed by atoms with E-state index in [0.29, 0.717) is 17.7 Å². The van der Waals surface area contributed by atoms with Crippen LogP contribution in [0.5, 0.6) is 0 Å². The third-order valence-electron chi connectivity index (χ3n) is 4.04. The fourth-order valence-electron chi connectivity index (χ4n) is 2.28. The number of rotatable bonds is 5. The highest BCUT2D eigenvalue weighted by Gasteiger charge is 2.29. The van der Waals surface area contributed by atoms with Crippen LogP contribution in [0.3, 0.4) is 0 Å². The summed E-state index contributed by atoms with van der Waals surface area (Å²) in [6.07, 6.45) is 0.315. The fraction of sp³-hybridized carbons (Fsp3) is 0.263. The van der Waals surface area contributed by atoms with E-state index in [2.05, 4.69) is 5.32 Å². The van der Waals surface area contributed by atoms with Crippen LogP contribution < -0.4 is 5.32 Å². The zero-order chi connectivity index (χ0) is 17.0. The maximum Gasteiger partial charge on any atom is 0.313 e. The molecule has 0 saturated heterocycles.